The summed E-state index contributed by atoms with van der Waals surface area (Å²) >= 11 is 0. The first-order chi connectivity index (χ1) is 7.93. The van der Waals surface area contributed by atoms with Crippen LogP contribution in [-0.4, -0.2) is 0 Å². The van der Waals surface area contributed by atoms with E-state index in [1.807, 2.05) is 13.8 Å². The fourth-order valence-electron chi connectivity index (χ4n) is 1.91. The minimum Gasteiger partial charge on any atom is -0.459 e. The van der Waals surface area contributed by atoms with Gasteiger partial charge < -0.3 is 10.2 Å². The minimum atomic E-state index is -0.869. The van der Waals surface area contributed by atoms with Gasteiger partial charge in [0.1, 0.15) is 11.3 Å². The molecule has 2 nitrogen and oxygen atoms in total. The van der Waals surface area contributed by atoms with Gasteiger partial charge in [-0.25, -0.2) is 8.78 Å². The molecule has 0 aliphatic heterocycles. The van der Waals surface area contributed by atoms with Gasteiger partial charge in [0.25, 0.3) is 0 Å². The van der Waals surface area contributed by atoms with Crippen LogP contribution < -0.4 is 5.73 Å². The molecule has 0 aliphatic carbocycles. The van der Waals surface area contributed by atoms with Crippen LogP contribution in [0.2, 0.25) is 0 Å². The van der Waals surface area contributed by atoms with Crippen LogP contribution in [0.4, 0.5) is 8.78 Å². The van der Waals surface area contributed by atoms with Gasteiger partial charge in [-0.3, -0.25) is 0 Å². The van der Waals surface area contributed by atoms with Crippen LogP contribution in [0.5, 0.6) is 0 Å². The number of fused-ring (bicyclic) bond motifs is 1. The number of rotatable bonds is 2. The van der Waals surface area contributed by atoms with Crippen molar-refractivity contribution in [2.75, 3.05) is 0 Å². The molecule has 2 aromatic rings. The van der Waals surface area contributed by atoms with Crippen molar-refractivity contribution in [1.29, 1.82) is 0 Å². The number of furan rings is 1. The Balaban J connectivity index is 2.69. The molecule has 17 heavy (non-hydrogen) atoms. The van der Waals surface area contributed by atoms with Gasteiger partial charge in [-0.2, -0.15) is 0 Å². The summed E-state index contributed by atoms with van der Waals surface area (Å²) in [5, 5.41) is 0.191. The molecule has 0 amide bonds. The van der Waals surface area contributed by atoms with Crippen LogP contribution in [0.25, 0.3) is 11.0 Å². The molecule has 0 radical (unpaired) electrons. The highest BCUT2D eigenvalue weighted by Gasteiger charge is 2.22. The highest BCUT2D eigenvalue weighted by Crippen LogP contribution is 2.33. The molecule has 0 saturated heterocycles. The SMILES string of the molecule is Cc1c(C(N)C(C)C)oc2ccc(F)c(F)c12. The molecule has 2 rings (SSSR count). The summed E-state index contributed by atoms with van der Waals surface area (Å²) in [4.78, 5) is 0. The second kappa shape index (κ2) is 4.11. The van der Waals surface area contributed by atoms with Crippen LogP contribution in [0.1, 0.15) is 31.2 Å². The summed E-state index contributed by atoms with van der Waals surface area (Å²) in [6, 6.07) is 2.17. The van der Waals surface area contributed by atoms with Crippen molar-refractivity contribution in [2.24, 2.45) is 11.7 Å². The van der Waals surface area contributed by atoms with Gasteiger partial charge in [-0.15, -0.1) is 0 Å². The Morgan fingerprint density at radius 1 is 1.24 bits per heavy atom. The lowest BCUT2D eigenvalue weighted by molar-refractivity contribution is 0.415. The summed E-state index contributed by atoms with van der Waals surface area (Å²) in [5.41, 5.74) is 6.90. The van der Waals surface area contributed by atoms with Crippen LogP contribution in [-0.2, 0) is 0 Å². The molecule has 0 spiro atoms. The molecule has 1 unspecified atom stereocenters. The summed E-state index contributed by atoms with van der Waals surface area (Å²) < 4.78 is 32.3. The van der Waals surface area contributed by atoms with Crippen LogP contribution in [0.3, 0.4) is 0 Å². The molecular formula is C13H15F2NO. The third-order valence-electron chi connectivity index (χ3n) is 3.04. The highest BCUT2D eigenvalue weighted by atomic mass is 19.2. The lowest BCUT2D eigenvalue weighted by Crippen LogP contribution is -2.16. The van der Waals surface area contributed by atoms with E-state index in [0.29, 0.717) is 16.9 Å². The largest absolute Gasteiger partial charge is 0.459 e. The maximum atomic E-state index is 13.7. The lowest BCUT2D eigenvalue weighted by Gasteiger charge is -2.13. The van der Waals surface area contributed by atoms with Crippen LogP contribution in [0, 0.1) is 24.5 Å². The van der Waals surface area contributed by atoms with Crippen LogP contribution in [0.15, 0.2) is 16.5 Å². The van der Waals surface area contributed by atoms with Crippen LogP contribution >= 0.6 is 0 Å². The van der Waals surface area contributed by atoms with Gasteiger partial charge in [0, 0.05) is 5.56 Å². The number of hydrogen-bond acceptors (Lipinski definition) is 2. The number of hydrogen-bond donors (Lipinski definition) is 1. The molecule has 92 valence electrons. The predicted octanol–water partition coefficient (Wildman–Crippen LogP) is 3.68. The zero-order valence-electron chi connectivity index (χ0n) is 10.1. The van der Waals surface area contributed by atoms with E-state index in [1.165, 1.54) is 6.07 Å². The van der Waals surface area contributed by atoms with E-state index in [9.17, 15) is 8.78 Å². The summed E-state index contributed by atoms with van der Waals surface area (Å²) in [6.45, 7) is 5.61. The Morgan fingerprint density at radius 3 is 2.47 bits per heavy atom. The molecule has 0 fully saturated rings. The summed E-state index contributed by atoms with van der Waals surface area (Å²) in [7, 11) is 0. The van der Waals surface area contributed by atoms with E-state index >= 15 is 0 Å². The second-order valence-corrected chi connectivity index (χ2v) is 4.60. The minimum absolute atomic E-state index is 0.169. The molecule has 2 N–H and O–H groups in total. The van der Waals surface area contributed by atoms with Gasteiger partial charge in [-0.05, 0) is 25.0 Å². The molecule has 0 bridgehead atoms. The maximum absolute atomic E-state index is 13.7. The van der Waals surface area contributed by atoms with Gasteiger partial charge in [-0.1, -0.05) is 13.8 Å². The number of aryl methyl sites for hydroxylation is 1. The first-order valence-corrected chi connectivity index (χ1v) is 5.56. The second-order valence-electron chi connectivity index (χ2n) is 4.60. The van der Waals surface area contributed by atoms with Gasteiger partial charge in [0.2, 0.25) is 0 Å². The lowest BCUT2D eigenvalue weighted by atomic mass is 9.99. The zero-order chi connectivity index (χ0) is 12.7. The first-order valence-electron chi connectivity index (χ1n) is 5.56. The predicted molar refractivity (Wildman–Crippen MR) is 62.6 cm³/mol. The average Bonchev–Trinajstić information content (AvgIpc) is 2.61. The van der Waals surface area contributed by atoms with Crippen molar-refractivity contribution >= 4 is 11.0 Å². The molecule has 1 aromatic carbocycles. The standard InChI is InChI=1S/C13H15F2NO/c1-6(2)12(16)13-7(3)10-9(17-13)5-4-8(14)11(10)15/h4-6,12H,16H2,1-3H3. The van der Waals surface area contributed by atoms with Crippen molar-refractivity contribution in [3.05, 3.63) is 35.1 Å². The monoisotopic (exact) mass is 239 g/mol. The molecule has 4 heteroatoms. The van der Waals surface area contributed by atoms with Gasteiger partial charge >= 0.3 is 0 Å². The van der Waals surface area contributed by atoms with Crippen molar-refractivity contribution in [2.45, 2.75) is 26.8 Å². The Hall–Kier alpha value is -1.42. The Morgan fingerprint density at radius 2 is 1.88 bits per heavy atom. The number of nitrogens with two attached hydrogens (primary N) is 1. The van der Waals surface area contributed by atoms with Crippen molar-refractivity contribution in [3.8, 4) is 0 Å². The molecule has 1 atom stereocenters. The number of halogens is 2. The third-order valence-corrected chi connectivity index (χ3v) is 3.04. The van der Waals surface area contributed by atoms with E-state index in [1.54, 1.807) is 6.92 Å². The normalized spacial score (nSPS) is 13.6. The molecule has 1 aromatic heterocycles. The number of benzene rings is 1. The van der Waals surface area contributed by atoms with E-state index in [0.717, 1.165) is 6.07 Å². The maximum Gasteiger partial charge on any atom is 0.170 e. The van der Waals surface area contributed by atoms with E-state index in [4.69, 9.17) is 10.2 Å². The Kier molecular flexibility index (Phi) is 2.91. The molecule has 1 heterocycles. The fourth-order valence-corrected chi connectivity index (χ4v) is 1.91. The Bertz CT molecular complexity index is 560. The van der Waals surface area contributed by atoms with Crippen molar-refractivity contribution in [3.63, 3.8) is 0 Å². The van der Waals surface area contributed by atoms with E-state index < -0.39 is 11.6 Å². The quantitative estimate of drug-likeness (QED) is 0.868. The first kappa shape index (κ1) is 12.0. The topological polar surface area (TPSA) is 39.2 Å². The average molecular weight is 239 g/mol. The molecular weight excluding hydrogens is 224 g/mol. The van der Waals surface area contributed by atoms with E-state index in [-0.39, 0.29) is 17.3 Å². The summed E-state index contributed by atoms with van der Waals surface area (Å²) in [5.74, 6) is -1.04. The molecule has 0 aliphatic rings. The van der Waals surface area contributed by atoms with E-state index in [2.05, 4.69) is 0 Å². The summed E-state index contributed by atoms with van der Waals surface area (Å²) in [6.07, 6.45) is 0. The smallest absolute Gasteiger partial charge is 0.170 e. The zero-order valence-corrected chi connectivity index (χ0v) is 10.1. The fraction of sp³-hybridized carbons (Fsp3) is 0.385. The van der Waals surface area contributed by atoms with Gasteiger partial charge in [0.05, 0.1) is 11.4 Å². The van der Waals surface area contributed by atoms with Gasteiger partial charge in [0.15, 0.2) is 11.6 Å². The molecule has 0 saturated carbocycles. The van der Waals surface area contributed by atoms with Crippen molar-refractivity contribution in [1.82, 2.24) is 0 Å². The third kappa shape index (κ3) is 1.82. The Labute approximate surface area is 98.4 Å². The van der Waals surface area contributed by atoms with Crippen molar-refractivity contribution < 1.29 is 13.2 Å². The highest BCUT2D eigenvalue weighted by molar-refractivity contribution is 5.83.